The van der Waals surface area contributed by atoms with Crippen molar-refractivity contribution in [2.24, 2.45) is 5.73 Å². The average molecular weight is 285 g/mol. The Labute approximate surface area is 125 Å². The quantitative estimate of drug-likeness (QED) is 0.940. The van der Waals surface area contributed by atoms with Crippen LogP contribution in [0.2, 0.25) is 0 Å². The van der Waals surface area contributed by atoms with Gasteiger partial charge in [0.05, 0.1) is 24.3 Å². The number of rotatable bonds is 3. The summed E-state index contributed by atoms with van der Waals surface area (Å²) in [5.41, 5.74) is 8.56. The lowest BCUT2D eigenvalue weighted by Crippen LogP contribution is -2.49. The molecule has 0 saturated carbocycles. The predicted molar refractivity (Wildman–Crippen MR) is 85.1 cm³/mol. The molecule has 1 saturated heterocycles. The zero-order valence-electron chi connectivity index (χ0n) is 12.7. The first-order valence-electron chi connectivity index (χ1n) is 7.61. The minimum atomic E-state index is -0.148. The van der Waals surface area contributed by atoms with Gasteiger partial charge in [-0.25, -0.2) is 0 Å². The van der Waals surface area contributed by atoms with Gasteiger partial charge in [0.15, 0.2) is 0 Å². The van der Waals surface area contributed by atoms with Crippen molar-refractivity contribution in [3.63, 3.8) is 0 Å². The molecule has 112 valence electrons. The zero-order chi connectivity index (χ0) is 14.8. The molecule has 1 fully saturated rings. The number of fused-ring (bicyclic) bond motifs is 1. The molecule has 2 unspecified atom stereocenters. The van der Waals surface area contributed by atoms with Crippen molar-refractivity contribution >= 4 is 10.9 Å². The third kappa shape index (κ3) is 2.93. The van der Waals surface area contributed by atoms with E-state index in [2.05, 4.69) is 41.9 Å². The number of ether oxygens (including phenoxy) is 1. The summed E-state index contributed by atoms with van der Waals surface area (Å²) < 4.78 is 5.93. The molecule has 0 radical (unpaired) electrons. The van der Waals surface area contributed by atoms with E-state index in [0.717, 1.165) is 36.2 Å². The molecule has 3 rings (SSSR count). The molecule has 0 spiro atoms. The molecule has 4 nitrogen and oxygen atoms in total. The lowest BCUT2D eigenvalue weighted by molar-refractivity contribution is -0.0500. The van der Waals surface area contributed by atoms with Crippen LogP contribution in [0.5, 0.6) is 0 Å². The minimum Gasteiger partial charge on any atom is -0.374 e. The Morgan fingerprint density at radius 1 is 1.29 bits per heavy atom. The highest BCUT2D eigenvalue weighted by Gasteiger charge is 2.28. The molecule has 1 aromatic carbocycles. The third-order valence-corrected chi connectivity index (χ3v) is 4.28. The van der Waals surface area contributed by atoms with Crippen LogP contribution in [0.1, 0.15) is 25.5 Å². The summed E-state index contributed by atoms with van der Waals surface area (Å²) >= 11 is 0. The number of pyridine rings is 1. The number of benzene rings is 1. The molecule has 0 amide bonds. The van der Waals surface area contributed by atoms with E-state index < -0.39 is 0 Å². The van der Waals surface area contributed by atoms with Gasteiger partial charge < -0.3 is 10.5 Å². The number of para-hydroxylation sites is 1. The molecular formula is C17H23N3O. The van der Waals surface area contributed by atoms with Crippen LogP contribution in [0.15, 0.2) is 36.5 Å². The minimum absolute atomic E-state index is 0.0220. The average Bonchev–Trinajstić information content (AvgIpc) is 2.53. The highest BCUT2D eigenvalue weighted by atomic mass is 16.5. The summed E-state index contributed by atoms with van der Waals surface area (Å²) in [6.07, 6.45) is 1.84. The predicted octanol–water partition coefficient (Wildman–Crippen LogP) is 2.34. The lowest BCUT2D eigenvalue weighted by Gasteiger charge is -2.38. The standard InChI is InChI=1S/C17H23N3O/c1-12(2)20-9-10-21-15(11-20)16(18)14-7-3-5-13-6-4-8-19-17(13)14/h3-8,12,15-16H,9-11,18H2,1-2H3. The summed E-state index contributed by atoms with van der Waals surface area (Å²) in [5.74, 6) is 0. The van der Waals surface area contributed by atoms with Crippen LogP contribution < -0.4 is 5.73 Å². The lowest BCUT2D eigenvalue weighted by atomic mass is 9.97. The monoisotopic (exact) mass is 285 g/mol. The van der Waals surface area contributed by atoms with Gasteiger partial charge in [-0.15, -0.1) is 0 Å². The van der Waals surface area contributed by atoms with Gasteiger partial charge >= 0.3 is 0 Å². The summed E-state index contributed by atoms with van der Waals surface area (Å²) in [5, 5.41) is 1.13. The van der Waals surface area contributed by atoms with Crippen molar-refractivity contribution in [1.29, 1.82) is 0 Å². The Balaban J connectivity index is 1.88. The fourth-order valence-corrected chi connectivity index (χ4v) is 2.98. The van der Waals surface area contributed by atoms with Crippen molar-refractivity contribution in [3.8, 4) is 0 Å². The second-order valence-electron chi connectivity index (χ2n) is 5.95. The van der Waals surface area contributed by atoms with Crippen LogP contribution in [-0.2, 0) is 4.74 Å². The smallest absolute Gasteiger partial charge is 0.0895 e. The Morgan fingerprint density at radius 2 is 2.10 bits per heavy atom. The normalized spacial score (nSPS) is 21.8. The molecule has 0 aliphatic carbocycles. The molecule has 2 atom stereocenters. The number of hydrogen-bond donors (Lipinski definition) is 1. The van der Waals surface area contributed by atoms with Crippen molar-refractivity contribution < 1.29 is 4.74 Å². The van der Waals surface area contributed by atoms with Crippen molar-refractivity contribution in [2.45, 2.75) is 32.0 Å². The molecule has 4 heteroatoms. The number of morpholine rings is 1. The topological polar surface area (TPSA) is 51.4 Å². The largest absolute Gasteiger partial charge is 0.374 e. The molecule has 2 N–H and O–H groups in total. The summed E-state index contributed by atoms with van der Waals surface area (Å²) in [4.78, 5) is 6.93. The first kappa shape index (κ1) is 14.4. The number of nitrogens with zero attached hydrogens (tertiary/aromatic N) is 2. The van der Waals surface area contributed by atoms with E-state index in [4.69, 9.17) is 10.5 Å². The van der Waals surface area contributed by atoms with Crippen LogP contribution in [0, 0.1) is 0 Å². The van der Waals surface area contributed by atoms with Crippen molar-refractivity contribution in [2.75, 3.05) is 19.7 Å². The molecule has 2 heterocycles. The highest BCUT2D eigenvalue weighted by Crippen LogP contribution is 2.26. The van der Waals surface area contributed by atoms with Gasteiger partial charge in [-0.05, 0) is 25.5 Å². The van der Waals surface area contributed by atoms with Gasteiger partial charge in [-0.1, -0.05) is 24.3 Å². The van der Waals surface area contributed by atoms with Crippen LogP contribution in [0.4, 0.5) is 0 Å². The van der Waals surface area contributed by atoms with Crippen molar-refractivity contribution in [1.82, 2.24) is 9.88 Å². The number of hydrogen-bond acceptors (Lipinski definition) is 4. The molecule has 2 aromatic rings. The molecular weight excluding hydrogens is 262 g/mol. The Bertz CT molecular complexity index is 609. The fraction of sp³-hybridized carbons (Fsp3) is 0.471. The fourth-order valence-electron chi connectivity index (χ4n) is 2.98. The van der Waals surface area contributed by atoms with E-state index in [1.54, 1.807) is 0 Å². The highest BCUT2D eigenvalue weighted by molar-refractivity contribution is 5.82. The van der Waals surface area contributed by atoms with Gasteiger partial charge in [-0.3, -0.25) is 9.88 Å². The maximum absolute atomic E-state index is 6.51. The Kier molecular flexibility index (Phi) is 4.19. The summed E-state index contributed by atoms with van der Waals surface area (Å²) in [7, 11) is 0. The van der Waals surface area contributed by atoms with Crippen LogP contribution in [-0.4, -0.2) is 41.7 Å². The zero-order valence-corrected chi connectivity index (χ0v) is 12.7. The second kappa shape index (κ2) is 6.10. The molecule has 21 heavy (non-hydrogen) atoms. The van der Waals surface area contributed by atoms with Crippen LogP contribution >= 0.6 is 0 Å². The first-order chi connectivity index (χ1) is 10.2. The number of nitrogens with two attached hydrogens (primary N) is 1. The van der Waals surface area contributed by atoms with Gasteiger partial charge in [-0.2, -0.15) is 0 Å². The van der Waals surface area contributed by atoms with Crippen LogP contribution in [0.25, 0.3) is 10.9 Å². The Morgan fingerprint density at radius 3 is 2.90 bits per heavy atom. The second-order valence-corrected chi connectivity index (χ2v) is 5.95. The van der Waals surface area contributed by atoms with Gasteiger partial charge in [0.2, 0.25) is 0 Å². The third-order valence-electron chi connectivity index (χ3n) is 4.28. The first-order valence-corrected chi connectivity index (χ1v) is 7.61. The maximum atomic E-state index is 6.51. The van der Waals surface area contributed by atoms with Gasteiger partial charge in [0, 0.05) is 30.7 Å². The Hall–Kier alpha value is -1.49. The molecule has 0 bridgehead atoms. The van der Waals surface area contributed by atoms with E-state index >= 15 is 0 Å². The molecule has 1 aliphatic rings. The summed E-state index contributed by atoms with van der Waals surface area (Å²) in [6, 6.07) is 10.6. The van der Waals surface area contributed by atoms with E-state index in [1.807, 2.05) is 18.3 Å². The van der Waals surface area contributed by atoms with Crippen LogP contribution in [0.3, 0.4) is 0 Å². The van der Waals surface area contributed by atoms with E-state index in [9.17, 15) is 0 Å². The van der Waals surface area contributed by atoms with E-state index in [-0.39, 0.29) is 12.1 Å². The van der Waals surface area contributed by atoms with Gasteiger partial charge in [0.1, 0.15) is 0 Å². The van der Waals surface area contributed by atoms with Crippen molar-refractivity contribution in [3.05, 3.63) is 42.1 Å². The van der Waals surface area contributed by atoms with E-state index in [0.29, 0.717) is 6.04 Å². The number of aromatic nitrogens is 1. The summed E-state index contributed by atoms with van der Waals surface area (Å²) in [6.45, 7) is 7.03. The van der Waals surface area contributed by atoms with E-state index in [1.165, 1.54) is 0 Å². The van der Waals surface area contributed by atoms with Gasteiger partial charge in [0.25, 0.3) is 0 Å². The molecule has 1 aromatic heterocycles. The molecule has 1 aliphatic heterocycles. The maximum Gasteiger partial charge on any atom is 0.0895 e. The SMILES string of the molecule is CC(C)N1CCOC(C(N)c2cccc3cccnc23)C1.